The van der Waals surface area contributed by atoms with Crippen molar-refractivity contribution >= 4 is 11.9 Å². The summed E-state index contributed by atoms with van der Waals surface area (Å²) in [5, 5.41) is 23.3. The quantitative estimate of drug-likeness (QED) is 0.0321. The average molecular weight is 917 g/mol. The molecule has 6 nitrogen and oxygen atoms in total. The number of hydrogen-bond acceptors (Lipinski definition) is 5. The molecule has 0 aromatic rings. The number of carbonyl (C=O) groups is 2. The molecule has 1 amide bonds. The molecule has 0 radical (unpaired) electrons. The van der Waals surface area contributed by atoms with Crippen LogP contribution in [0.2, 0.25) is 0 Å². The number of allylic oxidation sites excluding steroid dienone is 4. The molecule has 0 aromatic heterocycles. The number of aliphatic hydroxyl groups excluding tert-OH is 2. The van der Waals surface area contributed by atoms with E-state index in [9.17, 15) is 19.8 Å². The van der Waals surface area contributed by atoms with Crippen molar-refractivity contribution in [3.05, 3.63) is 24.3 Å². The lowest BCUT2D eigenvalue weighted by Crippen LogP contribution is -2.45. The smallest absolute Gasteiger partial charge is 0.305 e. The molecule has 0 heterocycles. The predicted octanol–water partition coefficient (Wildman–Crippen LogP) is 17.9. The van der Waals surface area contributed by atoms with Crippen LogP contribution in [0.1, 0.15) is 316 Å². The topological polar surface area (TPSA) is 95.9 Å². The van der Waals surface area contributed by atoms with Crippen molar-refractivity contribution in [2.75, 3.05) is 13.2 Å². The molecule has 2 atom stereocenters. The van der Waals surface area contributed by atoms with Gasteiger partial charge in [-0.3, -0.25) is 9.59 Å². The average Bonchev–Trinajstić information content (AvgIpc) is 3.31. The van der Waals surface area contributed by atoms with Crippen LogP contribution in [-0.4, -0.2) is 47.4 Å². The fourth-order valence-corrected chi connectivity index (χ4v) is 9.02. The minimum atomic E-state index is -0.680. The number of carbonyl (C=O) groups excluding carboxylic acids is 2. The highest BCUT2D eigenvalue weighted by Gasteiger charge is 2.20. The Labute approximate surface area is 405 Å². The molecule has 6 heteroatoms. The fourth-order valence-electron chi connectivity index (χ4n) is 9.02. The molecule has 0 saturated heterocycles. The fraction of sp³-hybridized carbons (Fsp3) is 0.898. The molecule has 0 rings (SSSR count). The highest BCUT2D eigenvalue weighted by molar-refractivity contribution is 5.76. The summed E-state index contributed by atoms with van der Waals surface area (Å²) in [5.41, 5.74) is 0. The van der Waals surface area contributed by atoms with Gasteiger partial charge in [-0.25, -0.2) is 0 Å². The van der Waals surface area contributed by atoms with Gasteiger partial charge < -0.3 is 20.3 Å². The Bertz CT molecular complexity index is 1010. The van der Waals surface area contributed by atoms with E-state index in [-0.39, 0.29) is 18.5 Å². The monoisotopic (exact) mass is 916 g/mol. The van der Waals surface area contributed by atoms with Crippen molar-refractivity contribution in [2.24, 2.45) is 0 Å². The van der Waals surface area contributed by atoms with Crippen molar-refractivity contribution in [2.45, 2.75) is 328 Å². The number of rotatable bonds is 54. The molecule has 384 valence electrons. The molecule has 0 bridgehead atoms. The summed E-state index contributed by atoms with van der Waals surface area (Å²) in [6.07, 6.45) is 65.9. The Hall–Kier alpha value is -1.66. The number of amides is 1. The second kappa shape index (κ2) is 54.9. The van der Waals surface area contributed by atoms with Crippen LogP contribution in [-0.2, 0) is 14.3 Å². The molecular weight excluding hydrogens is 803 g/mol. The molecule has 0 aromatic carbocycles. The maximum atomic E-state index is 12.5. The van der Waals surface area contributed by atoms with Crippen LogP contribution in [0.15, 0.2) is 24.3 Å². The van der Waals surface area contributed by atoms with Crippen LogP contribution in [0, 0.1) is 0 Å². The van der Waals surface area contributed by atoms with Crippen molar-refractivity contribution in [1.29, 1.82) is 0 Å². The van der Waals surface area contributed by atoms with Gasteiger partial charge in [0.15, 0.2) is 0 Å². The second-order valence-corrected chi connectivity index (χ2v) is 20.0. The maximum Gasteiger partial charge on any atom is 0.305 e. The molecule has 0 aliphatic carbocycles. The molecule has 0 spiro atoms. The van der Waals surface area contributed by atoms with Crippen LogP contribution in [0.25, 0.3) is 0 Å². The standard InChI is InChI=1S/C59H113NO5/c1-3-5-7-9-11-13-15-17-19-21-22-23-24-26-27-29-31-35-39-43-47-51-57(62)56(55-61)60-58(63)52-48-44-40-36-33-34-38-42-46-50-54-65-59(64)53-49-45-41-37-32-30-28-25-20-18-16-14-12-10-8-6-4-2/h12,14,18,20,56-57,61-62H,3-11,13,15-17,19,21-55H2,1-2H3,(H,60,63)/b14-12-,20-18-. The van der Waals surface area contributed by atoms with Crippen molar-refractivity contribution in [3.63, 3.8) is 0 Å². The van der Waals surface area contributed by atoms with E-state index < -0.39 is 12.1 Å². The van der Waals surface area contributed by atoms with Crippen molar-refractivity contribution in [3.8, 4) is 0 Å². The van der Waals surface area contributed by atoms with Gasteiger partial charge in [-0.05, 0) is 57.8 Å². The van der Waals surface area contributed by atoms with Gasteiger partial charge in [-0.2, -0.15) is 0 Å². The summed E-state index contributed by atoms with van der Waals surface area (Å²) < 4.78 is 5.47. The lowest BCUT2D eigenvalue weighted by atomic mass is 10.0. The Morgan fingerprint density at radius 1 is 0.431 bits per heavy atom. The van der Waals surface area contributed by atoms with E-state index in [1.54, 1.807) is 0 Å². The van der Waals surface area contributed by atoms with Crippen LogP contribution in [0.5, 0.6) is 0 Å². The lowest BCUT2D eigenvalue weighted by Gasteiger charge is -2.22. The number of ether oxygens (including phenoxy) is 1. The predicted molar refractivity (Wildman–Crippen MR) is 283 cm³/mol. The molecule has 65 heavy (non-hydrogen) atoms. The summed E-state index contributed by atoms with van der Waals surface area (Å²) in [4.78, 5) is 24.6. The Kier molecular flexibility index (Phi) is 53.5. The Balaban J connectivity index is 3.47. The van der Waals surface area contributed by atoms with E-state index >= 15 is 0 Å². The first kappa shape index (κ1) is 63.3. The first-order chi connectivity index (χ1) is 32.0. The van der Waals surface area contributed by atoms with Gasteiger partial charge >= 0.3 is 5.97 Å². The molecule has 3 N–H and O–H groups in total. The second-order valence-electron chi connectivity index (χ2n) is 20.0. The third-order valence-corrected chi connectivity index (χ3v) is 13.5. The maximum absolute atomic E-state index is 12.5. The van der Waals surface area contributed by atoms with E-state index in [1.807, 2.05) is 0 Å². The number of unbranched alkanes of at least 4 members (excludes halogenated alkanes) is 39. The Morgan fingerprint density at radius 2 is 0.769 bits per heavy atom. The normalized spacial score (nSPS) is 12.7. The minimum absolute atomic E-state index is 0.0256. The van der Waals surface area contributed by atoms with E-state index in [1.165, 1.54) is 218 Å². The number of hydrogen-bond donors (Lipinski definition) is 3. The SMILES string of the molecule is CCCCC/C=C\C/C=C\CCCCCCCCCC(=O)OCCCCCCCCCCCCC(=O)NC(CO)C(O)CCCCCCCCCCCCCCCCCCCCCCC. The molecular formula is C59H113NO5. The van der Waals surface area contributed by atoms with Crippen LogP contribution >= 0.6 is 0 Å². The summed E-state index contributed by atoms with van der Waals surface area (Å²) in [5.74, 6) is -0.0812. The van der Waals surface area contributed by atoms with Gasteiger partial charge in [0.1, 0.15) is 0 Å². The third kappa shape index (κ3) is 51.6. The highest BCUT2D eigenvalue weighted by atomic mass is 16.5. The van der Waals surface area contributed by atoms with Gasteiger partial charge in [0, 0.05) is 12.8 Å². The summed E-state index contributed by atoms with van der Waals surface area (Å²) in [7, 11) is 0. The summed E-state index contributed by atoms with van der Waals surface area (Å²) in [6, 6.07) is -0.560. The van der Waals surface area contributed by atoms with Crippen LogP contribution in [0.3, 0.4) is 0 Å². The first-order valence-corrected chi connectivity index (χ1v) is 29.1. The molecule has 0 aliphatic heterocycles. The van der Waals surface area contributed by atoms with E-state index in [4.69, 9.17) is 4.74 Å². The van der Waals surface area contributed by atoms with Gasteiger partial charge in [-0.1, -0.05) is 269 Å². The van der Waals surface area contributed by atoms with E-state index in [2.05, 4.69) is 43.5 Å². The zero-order valence-corrected chi connectivity index (χ0v) is 43.7. The van der Waals surface area contributed by atoms with Crippen molar-refractivity contribution < 1.29 is 24.5 Å². The zero-order valence-electron chi connectivity index (χ0n) is 43.7. The van der Waals surface area contributed by atoms with Gasteiger partial charge in [0.25, 0.3) is 0 Å². The number of nitrogens with one attached hydrogen (secondary N) is 1. The molecule has 0 aliphatic rings. The molecule has 0 fully saturated rings. The van der Waals surface area contributed by atoms with Crippen molar-refractivity contribution in [1.82, 2.24) is 5.32 Å². The highest BCUT2D eigenvalue weighted by Crippen LogP contribution is 2.17. The molecule has 2 unspecified atom stereocenters. The Morgan fingerprint density at radius 3 is 1.20 bits per heavy atom. The van der Waals surface area contributed by atoms with Crippen LogP contribution in [0.4, 0.5) is 0 Å². The van der Waals surface area contributed by atoms with Crippen LogP contribution < -0.4 is 5.32 Å². The van der Waals surface area contributed by atoms with E-state index in [0.717, 1.165) is 64.2 Å². The molecule has 0 saturated carbocycles. The number of aliphatic hydroxyl groups is 2. The number of esters is 1. The summed E-state index contributed by atoms with van der Waals surface area (Å²) in [6.45, 7) is 4.89. The summed E-state index contributed by atoms with van der Waals surface area (Å²) >= 11 is 0. The largest absolute Gasteiger partial charge is 0.466 e. The van der Waals surface area contributed by atoms with Gasteiger partial charge in [0.05, 0.1) is 25.4 Å². The lowest BCUT2D eigenvalue weighted by molar-refractivity contribution is -0.143. The van der Waals surface area contributed by atoms with Gasteiger partial charge in [0.2, 0.25) is 5.91 Å². The zero-order chi connectivity index (χ0) is 47.2. The van der Waals surface area contributed by atoms with Gasteiger partial charge in [-0.15, -0.1) is 0 Å². The first-order valence-electron chi connectivity index (χ1n) is 29.1. The minimum Gasteiger partial charge on any atom is -0.466 e. The van der Waals surface area contributed by atoms with E-state index in [0.29, 0.717) is 25.9 Å². The third-order valence-electron chi connectivity index (χ3n) is 13.5.